The summed E-state index contributed by atoms with van der Waals surface area (Å²) in [6, 6.07) is 10.3. The Kier molecular flexibility index (Phi) is 5.80. The first-order valence-electron chi connectivity index (χ1n) is 8.29. The summed E-state index contributed by atoms with van der Waals surface area (Å²) in [5.41, 5.74) is 0.253. The van der Waals surface area contributed by atoms with Gasteiger partial charge in [-0.15, -0.1) is 0 Å². The average molecular weight is 475 g/mol. The maximum Gasteiger partial charge on any atom is 0.265 e. The van der Waals surface area contributed by atoms with Gasteiger partial charge in [0.25, 0.3) is 10.0 Å². The molecule has 27 heavy (non-hydrogen) atoms. The van der Waals surface area contributed by atoms with Crippen molar-refractivity contribution >= 4 is 41.7 Å². The molecule has 0 amide bonds. The minimum absolute atomic E-state index is 0.00157. The van der Waals surface area contributed by atoms with Crippen LogP contribution in [-0.4, -0.2) is 29.5 Å². The summed E-state index contributed by atoms with van der Waals surface area (Å²) in [4.78, 5) is 0.0839. The first-order valence-corrected chi connectivity index (χ1v) is 12.0. The lowest BCUT2D eigenvalue weighted by Crippen LogP contribution is -2.25. The molecule has 0 saturated heterocycles. The number of halogens is 1. The third-order valence-electron chi connectivity index (χ3n) is 3.81. The second-order valence-electron chi connectivity index (χ2n) is 6.05. The molecule has 146 valence electrons. The summed E-state index contributed by atoms with van der Waals surface area (Å²) in [5, 5.41) is 0. The topological polar surface area (TPSA) is 102 Å². The summed E-state index contributed by atoms with van der Waals surface area (Å²) < 4.78 is 60.9. The molecule has 2 aromatic rings. The van der Waals surface area contributed by atoms with E-state index in [1.165, 1.54) is 30.3 Å². The number of ether oxygens (including phenoxy) is 1. The van der Waals surface area contributed by atoms with Crippen LogP contribution in [0.15, 0.2) is 56.7 Å². The molecule has 0 radical (unpaired) electrons. The smallest absolute Gasteiger partial charge is 0.265 e. The Morgan fingerprint density at radius 1 is 1.04 bits per heavy atom. The van der Waals surface area contributed by atoms with Crippen molar-refractivity contribution in [3.8, 4) is 5.75 Å². The van der Waals surface area contributed by atoms with Crippen LogP contribution in [0.25, 0.3) is 0 Å². The molecule has 0 spiro atoms. The summed E-state index contributed by atoms with van der Waals surface area (Å²) in [7, 11) is -7.50. The third-order valence-corrected chi connectivity index (χ3v) is 7.24. The molecule has 3 rings (SSSR count). The fraction of sp³-hybridized carbons (Fsp3) is 0.294. The van der Waals surface area contributed by atoms with Crippen molar-refractivity contribution in [1.82, 2.24) is 4.72 Å². The number of benzene rings is 2. The van der Waals surface area contributed by atoms with E-state index in [1.807, 2.05) is 0 Å². The van der Waals surface area contributed by atoms with Gasteiger partial charge in [0.05, 0.1) is 11.5 Å². The fourth-order valence-electron chi connectivity index (χ4n) is 2.37. The highest BCUT2D eigenvalue weighted by molar-refractivity contribution is 9.10. The molecule has 1 aliphatic rings. The molecule has 10 heteroatoms. The molecule has 0 heterocycles. The zero-order chi connectivity index (χ0) is 19.7. The van der Waals surface area contributed by atoms with Crippen LogP contribution in [0.4, 0.5) is 5.69 Å². The SMILES string of the molecule is CCOc1ccc(Br)cc1S(=O)(=O)Nc1ccc(S(=O)(=O)NC2CC2)cc1. The first-order chi connectivity index (χ1) is 12.7. The number of hydrogen-bond acceptors (Lipinski definition) is 5. The molecule has 1 fully saturated rings. The van der Waals surface area contributed by atoms with Gasteiger partial charge in [-0.2, -0.15) is 0 Å². The average Bonchev–Trinajstić information content (AvgIpc) is 3.40. The van der Waals surface area contributed by atoms with E-state index in [0.717, 1.165) is 12.8 Å². The molecule has 7 nitrogen and oxygen atoms in total. The lowest BCUT2D eigenvalue weighted by molar-refractivity contribution is 0.331. The predicted molar refractivity (Wildman–Crippen MR) is 106 cm³/mol. The molecular weight excluding hydrogens is 456 g/mol. The van der Waals surface area contributed by atoms with E-state index in [1.54, 1.807) is 19.1 Å². The normalized spacial score (nSPS) is 14.7. The van der Waals surface area contributed by atoms with Crippen LogP contribution in [0.3, 0.4) is 0 Å². The molecule has 1 aliphatic carbocycles. The van der Waals surface area contributed by atoms with E-state index < -0.39 is 20.0 Å². The maximum atomic E-state index is 12.7. The van der Waals surface area contributed by atoms with E-state index >= 15 is 0 Å². The van der Waals surface area contributed by atoms with Crippen molar-refractivity contribution in [3.05, 3.63) is 46.9 Å². The van der Waals surface area contributed by atoms with Gasteiger partial charge in [0.2, 0.25) is 10.0 Å². The third kappa shape index (κ3) is 5.01. The molecule has 2 N–H and O–H groups in total. The highest BCUT2D eigenvalue weighted by atomic mass is 79.9. The van der Waals surface area contributed by atoms with Crippen molar-refractivity contribution in [2.24, 2.45) is 0 Å². The fourth-order valence-corrected chi connectivity index (χ4v) is 5.42. The monoisotopic (exact) mass is 474 g/mol. The van der Waals surface area contributed by atoms with Gasteiger partial charge in [0.15, 0.2) is 0 Å². The second-order valence-corrected chi connectivity index (χ2v) is 10.3. The van der Waals surface area contributed by atoms with Gasteiger partial charge in [-0.25, -0.2) is 21.6 Å². The second kappa shape index (κ2) is 7.78. The summed E-state index contributed by atoms with van der Waals surface area (Å²) >= 11 is 3.26. The van der Waals surface area contributed by atoms with Crippen molar-refractivity contribution in [2.75, 3.05) is 11.3 Å². The van der Waals surface area contributed by atoms with Crippen LogP contribution < -0.4 is 14.2 Å². The number of hydrogen-bond donors (Lipinski definition) is 2. The quantitative estimate of drug-likeness (QED) is 0.611. The van der Waals surface area contributed by atoms with Crippen LogP contribution in [-0.2, 0) is 20.0 Å². The van der Waals surface area contributed by atoms with Gasteiger partial charge in [0.1, 0.15) is 10.6 Å². The number of anilines is 1. The van der Waals surface area contributed by atoms with Gasteiger partial charge in [-0.3, -0.25) is 4.72 Å². The molecule has 0 aromatic heterocycles. The molecule has 2 aromatic carbocycles. The Morgan fingerprint density at radius 2 is 1.70 bits per heavy atom. The zero-order valence-electron chi connectivity index (χ0n) is 14.5. The van der Waals surface area contributed by atoms with Gasteiger partial charge < -0.3 is 4.74 Å². The van der Waals surface area contributed by atoms with Gasteiger partial charge in [0, 0.05) is 16.2 Å². The van der Waals surface area contributed by atoms with E-state index in [0.29, 0.717) is 11.1 Å². The van der Waals surface area contributed by atoms with Gasteiger partial charge >= 0.3 is 0 Å². The van der Waals surface area contributed by atoms with Crippen molar-refractivity contribution in [3.63, 3.8) is 0 Å². The van der Waals surface area contributed by atoms with Gasteiger partial charge in [-0.05, 0) is 62.2 Å². The standard InChI is InChI=1S/C17H19BrN2O5S2/c1-2-25-16-10-3-12(18)11-17(16)27(23,24)20-14-6-8-15(9-7-14)26(21,22)19-13-4-5-13/h3,6-11,13,19-20H,2,4-5H2,1H3. The zero-order valence-corrected chi connectivity index (χ0v) is 17.7. The van der Waals surface area contributed by atoms with Crippen molar-refractivity contribution < 1.29 is 21.6 Å². The minimum atomic E-state index is -3.92. The number of rotatable bonds is 8. The first kappa shape index (κ1) is 20.1. The number of nitrogens with one attached hydrogen (secondary N) is 2. The highest BCUT2D eigenvalue weighted by Crippen LogP contribution is 2.29. The number of sulfonamides is 2. The Balaban J connectivity index is 1.83. The van der Waals surface area contributed by atoms with Crippen LogP contribution in [0, 0.1) is 0 Å². The van der Waals surface area contributed by atoms with Gasteiger partial charge in [-0.1, -0.05) is 15.9 Å². The minimum Gasteiger partial charge on any atom is -0.492 e. The maximum absolute atomic E-state index is 12.7. The lowest BCUT2D eigenvalue weighted by atomic mass is 10.3. The summed E-state index contributed by atoms with van der Waals surface area (Å²) in [5.74, 6) is 0.237. The van der Waals surface area contributed by atoms with E-state index in [-0.39, 0.29) is 27.3 Å². The molecule has 1 saturated carbocycles. The molecule has 0 atom stereocenters. The molecular formula is C17H19BrN2O5S2. The van der Waals surface area contributed by atoms with Crippen LogP contribution in [0.1, 0.15) is 19.8 Å². The van der Waals surface area contributed by atoms with Crippen molar-refractivity contribution in [2.45, 2.75) is 35.6 Å². The molecule has 0 aliphatic heterocycles. The molecule has 0 bridgehead atoms. The predicted octanol–water partition coefficient (Wildman–Crippen LogP) is 3.09. The Bertz CT molecular complexity index is 1030. The molecule has 0 unspecified atom stereocenters. The van der Waals surface area contributed by atoms with Crippen LogP contribution >= 0.6 is 15.9 Å². The van der Waals surface area contributed by atoms with Crippen LogP contribution in [0.2, 0.25) is 0 Å². The van der Waals surface area contributed by atoms with Crippen molar-refractivity contribution in [1.29, 1.82) is 0 Å². The largest absolute Gasteiger partial charge is 0.492 e. The van der Waals surface area contributed by atoms with Crippen LogP contribution in [0.5, 0.6) is 5.75 Å². The lowest BCUT2D eigenvalue weighted by Gasteiger charge is -2.13. The Hall–Kier alpha value is -1.62. The van der Waals surface area contributed by atoms with E-state index in [2.05, 4.69) is 25.4 Å². The summed E-state index contributed by atoms with van der Waals surface area (Å²) in [6.07, 6.45) is 1.68. The summed E-state index contributed by atoms with van der Waals surface area (Å²) in [6.45, 7) is 2.09. The highest BCUT2D eigenvalue weighted by Gasteiger charge is 2.28. The van der Waals surface area contributed by atoms with E-state index in [4.69, 9.17) is 4.74 Å². The Morgan fingerprint density at radius 3 is 2.30 bits per heavy atom. The Labute approximate surface area is 167 Å². The van der Waals surface area contributed by atoms with E-state index in [9.17, 15) is 16.8 Å².